The number of carbonyl (C=O) groups excluding carboxylic acids is 1. The highest BCUT2D eigenvalue weighted by molar-refractivity contribution is 5.85. The molecule has 2 aromatic heterocycles. The first-order valence-electron chi connectivity index (χ1n) is 13.1. The number of likely N-dealkylation sites (tertiary alicyclic amines) is 1. The Balaban J connectivity index is 1.44. The van der Waals surface area contributed by atoms with Crippen LogP contribution in [0.15, 0.2) is 18.2 Å². The number of carbonyl (C=O) groups is 1. The predicted octanol–water partition coefficient (Wildman–Crippen LogP) is 4.99. The van der Waals surface area contributed by atoms with Gasteiger partial charge >= 0.3 is 0 Å². The normalized spacial score (nSPS) is 16.5. The fraction of sp³-hybridized carbons (Fsp3) is 0.552. The second-order valence-corrected chi connectivity index (χ2v) is 10.9. The largest absolute Gasteiger partial charge is 0.356 e. The van der Waals surface area contributed by atoms with Crippen LogP contribution in [0.3, 0.4) is 0 Å². The van der Waals surface area contributed by atoms with Gasteiger partial charge in [0, 0.05) is 37.1 Å². The van der Waals surface area contributed by atoms with Crippen LogP contribution in [-0.4, -0.2) is 51.8 Å². The molecule has 4 rings (SSSR count). The first kappa shape index (κ1) is 25.4. The molecule has 1 N–H and O–H groups in total. The van der Waals surface area contributed by atoms with Crippen LogP contribution in [0.1, 0.15) is 60.3 Å². The molecule has 6 nitrogen and oxygen atoms in total. The van der Waals surface area contributed by atoms with Crippen LogP contribution in [0.4, 0.5) is 0 Å². The van der Waals surface area contributed by atoms with Crippen molar-refractivity contribution >= 4 is 16.9 Å². The van der Waals surface area contributed by atoms with Crippen molar-refractivity contribution in [3.05, 3.63) is 51.8 Å². The van der Waals surface area contributed by atoms with Gasteiger partial charge in [0.2, 0.25) is 5.91 Å². The zero-order chi connectivity index (χ0) is 25.3. The van der Waals surface area contributed by atoms with E-state index in [9.17, 15) is 4.79 Å². The molecule has 0 aliphatic carbocycles. The van der Waals surface area contributed by atoms with Crippen molar-refractivity contribution in [2.24, 2.45) is 11.8 Å². The molecule has 6 heteroatoms. The topological polar surface area (TPSA) is 63.1 Å². The first-order chi connectivity index (χ1) is 16.6. The van der Waals surface area contributed by atoms with Crippen molar-refractivity contribution in [3.8, 4) is 5.69 Å². The van der Waals surface area contributed by atoms with Crippen molar-refractivity contribution in [1.82, 2.24) is 25.0 Å². The number of hydrogen-bond acceptors (Lipinski definition) is 4. The van der Waals surface area contributed by atoms with Gasteiger partial charge < -0.3 is 10.2 Å². The maximum Gasteiger partial charge on any atom is 0.220 e. The van der Waals surface area contributed by atoms with Gasteiger partial charge in [-0.1, -0.05) is 19.9 Å². The molecule has 1 atom stereocenters. The Bertz CT molecular complexity index is 1230. The Hall–Kier alpha value is -2.73. The first-order valence-corrected chi connectivity index (χ1v) is 13.1. The van der Waals surface area contributed by atoms with E-state index in [-0.39, 0.29) is 5.91 Å². The Morgan fingerprint density at radius 3 is 2.60 bits per heavy atom. The van der Waals surface area contributed by atoms with E-state index in [1.807, 2.05) is 11.6 Å². The number of nitrogens with one attached hydrogen (secondary N) is 1. The van der Waals surface area contributed by atoms with Crippen molar-refractivity contribution in [2.75, 3.05) is 26.2 Å². The van der Waals surface area contributed by atoms with Crippen LogP contribution in [0.2, 0.25) is 0 Å². The number of nitrogens with zero attached hydrogens (tertiary/aromatic N) is 4. The summed E-state index contributed by atoms with van der Waals surface area (Å²) in [6.07, 6.45) is 2.36. The summed E-state index contributed by atoms with van der Waals surface area (Å²) in [4.78, 5) is 20.2. The second-order valence-electron chi connectivity index (χ2n) is 10.9. The standard InChI is InChI=1S/C29H41N5O/c1-18(2)16-33-13-12-24(17-33)15-30-27(35)11-10-26-21(5)28-23(7)32-34(29(28)31-22(26)6)25-9-8-19(3)20(4)14-25/h8-9,14,18,24H,10-13,15-17H2,1-7H3,(H,30,35)/t24-/m0/s1. The summed E-state index contributed by atoms with van der Waals surface area (Å²) in [5.41, 5.74) is 8.74. The number of aromatic nitrogens is 3. The van der Waals surface area contributed by atoms with E-state index in [2.05, 4.69) is 70.0 Å². The van der Waals surface area contributed by atoms with Crippen molar-refractivity contribution < 1.29 is 4.79 Å². The number of amides is 1. The lowest BCUT2D eigenvalue weighted by Crippen LogP contribution is -2.32. The van der Waals surface area contributed by atoms with E-state index in [0.717, 1.165) is 54.3 Å². The number of aryl methyl sites for hydroxylation is 5. The summed E-state index contributed by atoms with van der Waals surface area (Å²) in [6.45, 7) is 19.2. The molecule has 1 fully saturated rings. The van der Waals surface area contributed by atoms with E-state index in [4.69, 9.17) is 10.1 Å². The van der Waals surface area contributed by atoms with Gasteiger partial charge in [-0.2, -0.15) is 5.10 Å². The van der Waals surface area contributed by atoms with Crippen LogP contribution in [0.25, 0.3) is 16.7 Å². The van der Waals surface area contributed by atoms with Gasteiger partial charge in [0.1, 0.15) is 0 Å². The van der Waals surface area contributed by atoms with Gasteiger partial charge in [-0.25, -0.2) is 9.67 Å². The number of pyridine rings is 1. The molecular weight excluding hydrogens is 434 g/mol. The third kappa shape index (κ3) is 5.58. The summed E-state index contributed by atoms with van der Waals surface area (Å²) in [5, 5.41) is 9.12. The molecule has 0 unspecified atom stereocenters. The summed E-state index contributed by atoms with van der Waals surface area (Å²) < 4.78 is 1.96. The average Bonchev–Trinajstić information content (AvgIpc) is 3.37. The lowest BCUT2D eigenvalue weighted by atomic mass is 9.99. The maximum absolute atomic E-state index is 12.7. The average molecular weight is 476 g/mol. The SMILES string of the molecule is Cc1ccc(-n2nc(C)c3c(C)c(CCC(=O)NC[C@@H]4CCN(CC(C)C)C4)c(C)nc32)cc1C. The molecule has 0 spiro atoms. The van der Waals surface area contributed by atoms with Crippen LogP contribution >= 0.6 is 0 Å². The maximum atomic E-state index is 12.7. The Labute approximate surface area is 210 Å². The van der Waals surface area contributed by atoms with Gasteiger partial charge in [0.25, 0.3) is 0 Å². The molecule has 0 bridgehead atoms. The second kappa shape index (κ2) is 10.5. The summed E-state index contributed by atoms with van der Waals surface area (Å²) in [6, 6.07) is 6.40. The molecule has 0 saturated carbocycles. The summed E-state index contributed by atoms with van der Waals surface area (Å²) >= 11 is 0. The zero-order valence-corrected chi connectivity index (χ0v) is 22.5. The van der Waals surface area contributed by atoms with Crippen LogP contribution in [0, 0.1) is 46.5 Å². The smallest absolute Gasteiger partial charge is 0.220 e. The lowest BCUT2D eigenvalue weighted by Gasteiger charge is -2.18. The number of fused-ring (bicyclic) bond motifs is 1. The molecule has 1 aliphatic heterocycles. The van der Waals surface area contributed by atoms with Crippen molar-refractivity contribution in [2.45, 2.75) is 67.7 Å². The highest BCUT2D eigenvalue weighted by Gasteiger charge is 2.23. The van der Waals surface area contributed by atoms with Gasteiger partial charge in [-0.3, -0.25) is 4.79 Å². The molecule has 1 aliphatic rings. The third-order valence-electron chi connectivity index (χ3n) is 7.49. The van der Waals surface area contributed by atoms with E-state index in [1.165, 1.54) is 28.7 Å². The highest BCUT2D eigenvalue weighted by Crippen LogP contribution is 2.29. The molecule has 3 aromatic rings. The van der Waals surface area contributed by atoms with Crippen molar-refractivity contribution in [1.29, 1.82) is 0 Å². The fourth-order valence-electron chi connectivity index (χ4n) is 5.46. The van der Waals surface area contributed by atoms with Gasteiger partial charge in [0.15, 0.2) is 5.65 Å². The Morgan fingerprint density at radius 1 is 1.11 bits per heavy atom. The molecule has 35 heavy (non-hydrogen) atoms. The van der Waals surface area contributed by atoms with Gasteiger partial charge in [-0.15, -0.1) is 0 Å². The quantitative estimate of drug-likeness (QED) is 0.499. The third-order valence-corrected chi connectivity index (χ3v) is 7.49. The Kier molecular flexibility index (Phi) is 7.60. The molecule has 1 saturated heterocycles. The summed E-state index contributed by atoms with van der Waals surface area (Å²) in [5.74, 6) is 1.39. The number of rotatable bonds is 8. The predicted molar refractivity (Wildman–Crippen MR) is 143 cm³/mol. The van der Waals surface area contributed by atoms with E-state index >= 15 is 0 Å². The minimum absolute atomic E-state index is 0.133. The molecule has 3 heterocycles. The van der Waals surface area contributed by atoms with E-state index in [1.54, 1.807) is 0 Å². The summed E-state index contributed by atoms with van der Waals surface area (Å²) in [7, 11) is 0. The molecule has 0 radical (unpaired) electrons. The number of benzene rings is 1. The minimum atomic E-state index is 0.133. The van der Waals surface area contributed by atoms with Gasteiger partial charge in [-0.05, 0) is 100 Å². The molecule has 1 amide bonds. The minimum Gasteiger partial charge on any atom is -0.356 e. The fourth-order valence-corrected chi connectivity index (χ4v) is 5.46. The van der Waals surface area contributed by atoms with Crippen LogP contribution in [-0.2, 0) is 11.2 Å². The molecule has 188 valence electrons. The van der Waals surface area contributed by atoms with Crippen molar-refractivity contribution in [3.63, 3.8) is 0 Å². The van der Waals surface area contributed by atoms with Crippen LogP contribution in [0.5, 0.6) is 0 Å². The Morgan fingerprint density at radius 2 is 1.89 bits per heavy atom. The van der Waals surface area contributed by atoms with Gasteiger partial charge in [0.05, 0.1) is 11.4 Å². The number of hydrogen-bond donors (Lipinski definition) is 1. The zero-order valence-electron chi connectivity index (χ0n) is 22.5. The van der Waals surface area contributed by atoms with E-state index < -0.39 is 0 Å². The molecule has 1 aromatic carbocycles. The lowest BCUT2D eigenvalue weighted by molar-refractivity contribution is -0.121. The van der Waals surface area contributed by atoms with Crippen LogP contribution < -0.4 is 5.32 Å². The molecular formula is C29H41N5O. The van der Waals surface area contributed by atoms with E-state index in [0.29, 0.717) is 24.7 Å². The monoisotopic (exact) mass is 475 g/mol. The highest BCUT2D eigenvalue weighted by atomic mass is 16.1.